The lowest BCUT2D eigenvalue weighted by molar-refractivity contribution is -0.934. The van der Waals surface area contributed by atoms with Gasteiger partial charge in [0.05, 0.1) is 25.7 Å². The third-order valence-electron chi connectivity index (χ3n) is 9.64. The molecule has 4 nitrogen and oxygen atoms in total. The van der Waals surface area contributed by atoms with Crippen molar-refractivity contribution in [1.82, 2.24) is 0 Å². The Labute approximate surface area is 237 Å². The minimum atomic E-state index is -0.612. The summed E-state index contributed by atoms with van der Waals surface area (Å²) in [6.45, 7) is 4.84. The Balaban J connectivity index is 1.12. The van der Waals surface area contributed by atoms with Crippen LogP contribution in [-0.4, -0.2) is 30.9 Å². The number of rotatable bonds is 9. The third kappa shape index (κ3) is 4.55. The molecule has 1 aliphatic carbocycles. The van der Waals surface area contributed by atoms with Crippen LogP contribution in [0.15, 0.2) is 109 Å². The number of quaternary nitrogens is 1. The standard InChI is InChI=1S/C36H35N2O2/c37-25-36(29-12-6-2-7-13-29,30-14-8-3-9-15-30)21-31-32-23-38(24-33(31)32,22-28-10-4-1-5-11-28)19-18-27-16-17-34-35(20-27)40-26-39-34/h1-17,20,31-33H,18-19,21-24,26H2/q+1. The fourth-order valence-electron chi connectivity index (χ4n) is 7.54. The maximum absolute atomic E-state index is 10.7. The van der Waals surface area contributed by atoms with Gasteiger partial charge in [-0.15, -0.1) is 0 Å². The molecule has 2 aliphatic heterocycles. The normalized spacial score (nSPS) is 24.3. The lowest BCUT2D eigenvalue weighted by atomic mass is 9.71. The predicted molar refractivity (Wildman–Crippen MR) is 156 cm³/mol. The summed E-state index contributed by atoms with van der Waals surface area (Å²) in [4.78, 5) is 0. The summed E-state index contributed by atoms with van der Waals surface area (Å²) >= 11 is 0. The Morgan fingerprint density at radius 2 is 1.32 bits per heavy atom. The van der Waals surface area contributed by atoms with E-state index < -0.39 is 5.41 Å². The lowest BCUT2D eigenvalue weighted by Gasteiger charge is -2.38. The molecule has 2 fully saturated rings. The second kappa shape index (κ2) is 10.2. The highest BCUT2D eigenvalue weighted by molar-refractivity contribution is 5.47. The van der Waals surface area contributed by atoms with Gasteiger partial charge in [-0.1, -0.05) is 97.1 Å². The number of hydrogen-bond donors (Lipinski definition) is 0. The van der Waals surface area contributed by atoms with Gasteiger partial charge in [0.15, 0.2) is 11.5 Å². The van der Waals surface area contributed by atoms with Crippen LogP contribution in [0.3, 0.4) is 0 Å². The van der Waals surface area contributed by atoms with Gasteiger partial charge in [-0.3, -0.25) is 0 Å². The summed E-state index contributed by atoms with van der Waals surface area (Å²) in [5.41, 5.74) is 4.33. The number of nitriles is 1. The van der Waals surface area contributed by atoms with E-state index in [1.807, 2.05) is 18.2 Å². The van der Waals surface area contributed by atoms with Gasteiger partial charge in [0, 0.05) is 23.8 Å². The smallest absolute Gasteiger partial charge is 0.231 e. The maximum Gasteiger partial charge on any atom is 0.231 e. The molecular formula is C36H35N2O2+. The highest BCUT2D eigenvalue weighted by Gasteiger charge is 2.64. The van der Waals surface area contributed by atoms with Gasteiger partial charge in [-0.05, 0) is 41.2 Å². The average Bonchev–Trinajstić information content (AvgIpc) is 3.33. The van der Waals surface area contributed by atoms with Crippen molar-refractivity contribution in [2.45, 2.75) is 24.8 Å². The molecule has 2 heterocycles. The van der Waals surface area contributed by atoms with E-state index in [0.29, 0.717) is 24.5 Å². The molecule has 40 heavy (non-hydrogen) atoms. The first-order valence-corrected chi connectivity index (χ1v) is 14.5. The van der Waals surface area contributed by atoms with Gasteiger partial charge < -0.3 is 14.0 Å². The maximum atomic E-state index is 10.7. The van der Waals surface area contributed by atoms with Crippen LogP contribution in [0, 0.1) is 29.1 Å². The van der Waals surface area contributed by atoms with Crippen LogP contribution in [0.25, 0.3) is 0 Å². The molecule has 4 aromatic carbocycles. The van der Waals surface area contributed by atoms with Crippen molar-refractivity contribution in [3.63, 3.8) is 0 Å². The number of nitrogens with zero attached hydrogens (tertiary/aromatic N) is 2. The van der Waals surface area contributed by atoms with Crippen molar-refractivity contribution in [2.75, 3.05) is 26.4 Å². The summed E-state index contributed by atoms with van der Waals surface area (Å²) in [5.74, 6) is 3.62. The van der Waals surface area contributed by atoms with Gasteiger partial charge in [-0.25, -0.2) is 0 Å². The summed E-state index contributed by atoms with van der Waals surface area (Å²) < 4.78 is 12.3. The third-order valence-corrected chi connectivity index (χ3v) is 9.64. The van der Waals surface area contributed by atoms with Gasteiger partial charge in [0.2, 0.25) is 6.79 Å². The molecule has 2 atom stereocenters. The van der Waals surface area contributed by atoms with E-state index in [-0.39, 0.29) is 0 Å². The molecular weight excluding hydrogens is 492 g/mol. The van der Waals surface area contributed by atoms with Crippen LogP contribution in [0.5, 0.6) is 11.5 Å². The first kappa shape index (κ1) is 24.9. The van der Waals surface area contributed by atoms with E-state index in [0.717, 1.165) is 53.0 Å². The first-order valence-electron chi connectivity index (χ1n) is 14.5. The molecule has 2 unspecified atom stereocenters. The largest absolute Gasteiger partial charge is 0.454 e. The average molecular weight is 528 g/mol. The van der Waals surface area contributed by atoms with Crippen molar-refractivity contribution >= 4 is 0 Å². The van der Waals surface area contributed by atoms with Crippen LogP contribution < -0.4 is 9.47 Å². The van der Waals surface area contributed by atoms with Gasteiger partial charge >= 0.3 is 0 Å². The first-order chi connectivity index (χ1) is 19.7. The fraction of sp³-hybridized carbons (Fsp3) is 0.306. The SMILES string of the molecule is N#CC(CC1C2C[N+](CCc3ccc4c(c3)OCO4)(Cc3ccccc3)CC12)(c1ccccc1)c1ccccc1. The van der Waals surface area contributed by atoms with E-state index in [4.69, 9.17) is 9.47 Å². The molecule has 0 bridgehead atoms. The van der Waals surface area contributed by atoms with Crippen LogP contribution in [0.2, 0.25) is 0 Å². The predicted octanol–water partition coefficient (Wildman–Crippen LogP) is 6.75. The molecule has 0 radical (unpaired) electrons. The van der Waals surface area contributed by atoms with Crippen molar-refractivity contribution in [3.8, 4) is 17.6 Å². The molecule has 0 N–H and O–H groups in total. The van der Waals surface area contributed by atoms with E-state index in [2.05, 4.69) is 97.1 Å². The second-order valence-corrected chi connectivity index (χ2v) is 12.0. The number of hydrogen-bond acceptors (Lipinski definition) is 3. The number of likely N-dealkylation sites (tertiary alicyclic amines) is 1. The molecule has 200 valence electrons. The molecule has 0 amide bonds. The monoisotopic (exact) mass is 527 g/mol. The summed E-state index contributed by atoms with van der Waals surface area (Å²) in [6, 6.07) is 41.0. The Bertz CT molecular complexity index is 1460. The minimum Gasteiger partial charge on any atom is -0.454 e. The quantitative estimate of drug-likeness (QED) is 0.226. The topological polar surface area (TPSA) is 42.2 Å². The van der Waals surface area contributed by atoms with Gasteiger partial charge in [-0.2, -0.15) is 5.26 Å². The minimum absolute atomic E-state index is 0.313. The summed E-state index contributed by atoms with van der Waals surface area (Å²) in [6.07, 6.45) is 1.91. The highest BCUT2D eigenvalue weighted by Crippen LogP contribution is 2.60. The van der Waals surface area contributed by atoms with E-state index >= 15 is 0 Å². The molecule has 1 saturated heterocycles. The molecule has 3 aliphatic rings. The van der Waals surface area contributed by atoms with Gasteiger partial charge in [0.1, 0.15) is 12.0 Å². The summed E-state index contributed by atoms with van der Waals surface area (Å²) in [5, 5.41) is 10.7. The van der Waals surface area contributed by atoms with Gasteiger partial charge in [0.25, 0.3) is 0 Å². The zero-order valence-electron chi connectivity index (χ0n) is 22.8. The number of fused-ring (bicyclic) bond motifs is 2. The van der Waals surface area contributed by atoms with Crippen LogP contribution in [-0.2, 0) is 18.4 Å². The van der Waals surface area contributed by atoms with Crippen LogP contribution in [0.4, 0.5) is 0 Å². The van der Waals surface area contributed by atoms with Crippen molar-refractivity contribution in [1.29, 1.82) is 5.26 Å². The van der Waals surface area contributed by atoms with E-state index in [9.17, 15) is 5.26 Å². The van der Waals surface area contributed by atoms with E-state index in [1.165, 1.54) is 24.2 Å². The zero-order valence-corrected chi connectivity index (χ0v) is 22.8. The summed E-state index contributed by atoms with van der Waals surface area (Å²) in [7, 11) is 0. The molecule has 4 heteroatoms. The molecule has 7 rings (SSSR count). The molecule has 4 aromatic rings. The van der Waals surface area contributed by atoms with Crippen LogP contribution in [0.1, 0.15) is 28.7 Å². The Hall–Kier alpha value is -4.07. The lowest BCUT2D eigenvalue weighted by Crippen LogP contribution is -2.49. The Morgan fingerprint density at radius 3 is 1.95 bits per heavy atom. The van der Waals surface area contributed by atoms with Crippen LogP contribution >= 0.6 is 0 Å². The van der Waals surface area contributed by atoms with E-state index in [1.54, 1.807) is 0 Å². The Morgan fingerprint density at radius 1 is 0.725 bits per heavy atom. The van der Waals surface area contributed by atoms with Crippen molar-refractivity contribution < 1.29 is 14.0 Å². The highest BCUT2D eigenvalue weighted by atomic mass is 16.7. The number of benzene rings is 4. The molecule has 0 aromatic heterocycles. The van der Waals surface area contributed by atoms with Crippen molar-refractivity contribution in [2.24, 2.45) is 17.8 Å². The zero-order chi connectivity index (χ0) is 27.0. The Kier molecular flexibility index (Phi) is 6.33. The number of piperidine rings is 1. The number of ether oxygens (including phenoxy) is 2. The molecule has 1 saturated carbocycles. The second-order valence-electron chi connectivity index (χ2n) is 12.0. The molecule has 0 spiro atoms. The fourth-order valence-corrected chi connectivity index (χ4v) is 7.54. The van der Waals surface area contributed by atoms with Crippen molar-refractivity contribution in [3.05, 3.63) is 131 Å².